The zero-order chi connectivity index (χ0) is 36.0. The second-order valence-electron chi connectivity index (χ2n) is 11.7. The van der Waals surface area contributed by atoms with Crippen LogP contribution in [0.3, 0.4) is 0 Å². The number of fused-ring (bicyclic) bond motifs is 3. The number of hydrogen-bond acceptors (Lipinski definition) is 12. The van der Waals surface area contributed by atoms with Crippen molar-refractivity contribution < 1.29 is 52.6 Å². The van der Waals surface area contributed by atoms with E-state index in [1.54, 1.807) is 0 Å². The number of hydrogen-bond donors (Lipinski definition) is 3. The van der Waals surface area contributed by atoms with E-state index in [9.17, 15) is 33.6 Å². The predicted octanol–water partition coefficient (Wildman–Crippen LogP) is 0.417. The first-order valence-electron chi connectivity index (χ1n) is 16.1. The molecule has 1 heterocycles. The Balaban J connectivity index is 1.11. The fourth-order valence-corrected chi connectivity index (χ4v) is 5.57. The highest BCUT2D eigenvalue weighted by Gasteiger charge is 2.33. The summed E-state index contributed by atoms with van der Waals surface area (Å²) in [7, 11) is 1.48. The van der Waals surface area contributed by atoms with Crippen LogP contribution in [0, 0.1) is 0 Å². The molecule has 0 aromatic heterocycles. The summed E-state index contributed by atoms with van der Waals surface area (Å²) in [6.07, 6.45) is -1.31. The molecule has 5 amide bonds. The van der Waals surface area contributed by atoms with Crippen LogP contribution in [-0.2, 0) is 47.8 Å². The van der Waals surface area contributed by atoms with E-state index in [0.29, 0.717) is 5.06 Å². The quantitative estimate of drug-likeness (QED) is 0.127. The van der Waals surface area contributed by atoms with Crippen LogP contribution < -0.4 is 16.4 Å². The predicted molar refractivity (Wildman–Crippen MR) is 175 cm³/mol. The highest BCUT2D eigenvalue weighted by atomic mass is 16.7. The second kappa shape index (κ2) is 18.5. The van der Waals surface area contributed by atoms with Crippen LogP contribution >= 0.6 is 0 Å². The Labute approximate surface area is 288 Å². The van der Waals surface area contributed by atoms with Gasteiger partial charge in [0.15, 0.2) is 5.78 Å². The SMILES string of the molecule is CN(CC(N)=O)CC(=O)[C@H](CCC(=O)ON1C(=O)CCC1=O)NC(=O)COCCOCCNC(=O)OCC1c2ccccc2-c2ccccc21. The first kappa shape index (κ1) is 37.6. The molecular formula is C34H41N5O11. The maximum Gasteiger partial charge on any atom is 0.407 e. The minimum atomic E-state index is -1.17. The lowest BCUT2D eigenvalue weighted by Gasteiger charge is -2.21. The summed E-state index contributed by atoms with van der Waals surface area (Å²) in [5, 5.41) is 5.53. The van der Waals surface area contributed by atoms with Crippen LogP contribution in [0.5, 0.6) is 0 Å². The van der Waals surface area contributed by atoms with E-state index >= 15 is 0 Å². The number of Topliss-reactive ketones (excluding diaryl/α,β-unsaturated/α-hetero) is 1. The highest BCUT2D eigenvalue weighted by molar-refractivity contribution is 6.01. The molecule has 0 unspecified atom stereocenters. The van der Waals surface area contributed by atoms with Crippen LogP contribution in [0.2, 0.25) is 0 Å². The van der Waals surface area contributed by atoms with Crippen molar-refractivity contribution in [1.29, 1.82) is 0 Å². The Bertz CT molecular complexity index is 1520. The standard InChI is InChI=1S/C34H41N5O11/c1-38(19-29(35)41)18-28(40)27(10-13-33(45)50-39-31(43)11-12-32(39)44)37-30(42)21-48-17-16-47-15-14-36-34(46)49-20-26-24-8-4-2-6-22(24)23-7-3-5-9-25(23)26/h2-9,26-27H,10-21H2,1H3,(H2,35,41)(H,36,46)(H,37,42)/t27-/m0/s1. The van der Waals surface area contributed by atoms with Crippen molar-refractivity contribution in [2.24, 2.45) is 5.73 Å². The summed E-state index contributed by atoms with van der Waals surface area (Å²) < 4.78 is 16.3. The topological polar surface area (TPSA) is 213 Å². The van der Waals surface area contributed by atoms with Gasteiger partial charge in [-0.05, 0) is 35.7 Å². The van der Waals surface area contributed by atoms with E-state index in [1.165, 1.54) is 11.9 Å². The Kier molecular flexibility index (Phi) is 14.0. The molecule has 0 saturated carbocycles. The summed E-state index contributed by atoms with van der Waals surface area (Å²) >= 11 is 0. The number of hydroxylamine groups is 2. The van der Waals surface area contributed by atoms with Gasteiger partial charge in [-0.15, -0.1) is 5.06 Å². The lowest BCUT2D eigenvalue weighted by Crippen LogP contribution is -2.47. The van der Waals surface area contributed by atoms with Crippen molar-refractivity contribution >= 4 is 41.5 Å². The molecule has 0 bridgehead atoms. The molecule has 0 spiro atoms. The van der Waals surface area contributed by atoms with Gasteiger partial charge in [0.2, 0.25) is 11.8 Å². The molecule has 4 N–H and O–H groups in total. The van der Waals surface area contributed by atoms with Crippen molar-refractivity contribution in [1.82, 2.24) is 20.6 Å². The Morgan fingerprint density at radius 3 is 2.16 bits per heavy atom. The third-order valence-electron chi connectivity index (χ3n) is 7.88. The van der Waals surface area contributed by atoms with Crippen LogP contribution in [0.15, 0.2) is 48.5 Å². The fourth-order valence-electron chi connectivity index (χ4n) is 5.57. The third kappa shape index (κ3) is 10.9. The van der Waals surface area contributed by atoms with Gasteiger partial charge in [0.05, 0.1) is 45.4 Å². The van der Waals surface area contributed by atoms with Crippen LogP contribution in [0.1, 0.15) is 42.7 Å². The number of ketones is 1. The third-order valence-corrected chi connectivity index (χ3v) is 7.88. The molecule has 268 valence electrons. The normalized spacial score (nSPS) is 14.2. The smallest absolute Gasteiger partial charge is 0.407 e. The number of imide groups is 1. The monoisotopic (exact) mass is 695 g/mol. The number of nitrogens with one attached hydrogen (secondary N) is 2. The van der Waals surface area contributed by atoms with Gasteiger partial charge in [0.1, 0.15) is 13.2 Å². The van der Waals surface area contributed by atoms with E-state index in [2.05, 4.69) is 22.8 Å². The number of rotatable bonds is 20. The number of alkyl carbamates (subject to hydrolysis) is 1. The summed E-state index contributed by atoms with van der Waals surface area (Å²) in [5.74, 6) is -4.12. The number of primary amides is 1. The molecule has 16 nitrogen and oxygen atoms in total. The van der Waals surface area contributed by atoms with Gasteiger partial charge < -0.3 is 35.4 Å². The largest absolute Gasteiger partial charge is 0.449 e. The lowest BCUT2D eigenvalue weighted by atomic mass is 9.98. The molecule has 16 heteroatoms. The van der Waals surface area contributed by atoms with Gasteiger partial charge in [-0.2, -0.15) is 0 Å². The number of benzene rings is 2. The zero-order valence-corrected chi connectivity index (χ0v) is 27.7. The van der Waals surface area contributed by atoms with E-state index in [4.69, 9.17) is 24.8 Å². The summed E-state index contributed by atoms with van der Waals surface area (Å²) in [4.78, 5) is 90.8. The summed E-state index contributed by atoms with van der Waals surface area (Å²) in [6.45, 7) is -0.208. The summed E-state index contributed by atoms with van der Waals surface area (Å²) in [5.41, 5.74) is 9.67. The maximum atomic E-state index is 12.9. The number of amides is 5. The molecule has 1 aliphatic carbocycles. The van der Waals surface area contributed by atoms with Crippen molar-refractivity contribution in [3.8, 4) is 11.1 Å². The van der Waals surface area contributed by atoms with Crippen molar-refractivity contribution in [3.63, 3.8) is 0 Å². The number of ether oxygens (including phenoxy) is 3. The average molecular weight is 696 g/mol. The van der Waals surface area contributed by atoms with Crippen LogP contribution in [-0.4, -0.2) is 117 Å². The maximum absolute atomic E-state index is 12.9. The van der Waals surface area contributed by atoms with Gasteiger partial charge in [0, 0.05) is 25.3 Å². The van der Waals surface area contributed by atoms with Gasteiger partial charge >= 0.3 is 12.1 Å². The van der Waals surface area contributed by atoms with Gasteiger partial charge in [0.25, 0.3) is 11.8 Å². The minimum Gasteiger partial charge on any atom is -0.449 e. The number of carbonyl (C=O) groups excluding carboxylic acids is 7. The molecule has 1 fully saturated rings. The first-order chi connectivity index (χ1) is 24.0. The molecule has 2 aliphatic rings. The number of likely N-dealkylation sites (N-methyl/N-ethyl adjacent to an activating group) is 1. The van der Waals surface area contributed by atoms with E-state index in [0.717, 1.165) is 22.3 Å². The Morgan fingerprint density at radius 2 is 1.52 bits per heavy atom. The first-order valence-corrected chi connectivity index (χ1v) is 16.1. The number of carbonyl (C=O) groups is 7. The van der Waals surface area contributed by atoms with Gasteiger partial charge in [-0.3, -0.25) is 28.9 Å². The lowest BCUT2D eigenvalue weighted by molar-refractivity contribution is -0.197. The molecular weight excluding hydrogens is 654 g/mol. The van der Waals surface area contributed by atoms with E-state index in [1.807, 2.05) is 36.4 Å². The van der Waals surface area contributed by atoms with Crippen LogP contribution in [0.25, 0.3) is 11.1 Å². The Hall–Kier alpha value is -5.19. The molecule has 1 atom stereocenters. The highest BCUT2D eigenvalue weighted by Crippen LogP contribution is 2.44. The molecule has 1 aliphatic heterocycles. The molecule has 1 saturated heterocycles. The van der Waals surface area contributed by atoms with Gasteiger partial charge in [-0.1, -0.05) is 48.5 Å². The zero-order valence-electron chi connectivity index (χ0n) is 27.7. The fraction of sp³-hybridized carbons (Fsp3) is 0.441. The molecule has 0 radical (unpaired) electrons. The van der Waals surface area contributed by atoms with E-state index < -0.39 is 60.5 Å². The van der Waals surface area contributed by atoms with Crippen molar-refractivity contribution in [2.75, 3.05) is 59.7 Å². The van der Waals surface area contributed by atoms with Crippen molar-refractivity contribution in [2.45, 2.75) is 37.6 Å². The van der Waals surface area contributed by atoms with Crippen LogP contribution in [0.4, 0.5) is 4.79 Å². The van der Waals surface area contributed by atoms with Gasteiger partial charge in [-0.25, -0.2) is 9.59 Å². The minimum absolute atomic E-state index is 0.0303. The number of nitrogens with two attached hydrogens (primary N) is 1. The second-order valence-corrected chi connectivity index (χ2v) is 11.7. The number of nitrogens with zero attached hydrogens (tertiary/aromatic N) is 2. The van der Waals surface area contributed by atoms with Crippen molar-refractivity contribution in [3.05, 3.63) is 59.7 Å². The molecule has 4 rings (SSSR count). The summed E-state index contributed by atoms with van der Waals surface area (Å²) in [6, 6.07) is 14.9. The molecule has 2 aromatic rings. The van der Waals surface area contributed by atoms with E-state index in [-0.39, 0.29) is 71.2 Å². The average Bonchev–Trinajstić information content (AvgIpc) is 3.57. The molecule has 2 aromatic carbocycles. The Morgan fingerprint density at radius 1 is 0.900 bits per heavy atom. The molecule has 50 heavy (non-hydrogen) atoms.